The molecule has 0 saturated heterocycles. The van der Waals surface area contributed by atoms with E-state index in [4.69, 9.17) is 0 Å². The second kappa shape index (κ2) is 5.73. The molecule has 3 nitrogen and oxygen atoms in total. The third-order valence-electron chi connectivity index (χ3n) is 3.23. The summed E-state index contributed by atoms with van der Waals surface area (Å²) < 4.78 is 31.3. The van der Waals surface area contributed by atoms with Crippen LogP contribution < -0.4 is 0 Å². The summed E-state index contributed by atoms with van der Waals surface area (Å²) in [5, 5.41) is 0. The molecule has 1 atom stereocenters. The van der Waals surface area contributed by atoms with Gasteiger partial charge in [-0.15, -0.1) is 0 Å². The normalized spacial score (nSPS) is 20.4. The number of halogens is 2. The highest BCUT2D eigenvalue weighted by Gasteiger charge is 2.46. The van der Waals surface area contributed by atoms with E-state index in [2.05, 4.69) is 25.3 Å². The Hall–Kier alpha value is -0.460. The Morgan fingerprint density at radius 2 is 2.10 bits per heavy atom. The average molecular weight is 361 g/mol. The number of nitrogens with zero attached hydrogens (tertiary/aromatic N) is 2. The van der Waals surface area contributed by atoms with Gasteiger partial charge in [0.05, 0.1) is 5.69 Å². The maximum Gasteiger partial charge on any atom is 0.159 e. The van der Waals surface area contributed by atoms with Crippen molar-refractivity contribution in [3.63, 3.8) is 0 Å². The lowest BCUT2D eigenvalue weighted by atomic mass is 9.77. The Morgan fingerprint density at radius 3 is 2.55 bits per heavy atom. The predicted octanol–water partition coefficient (Wildman–Crippen LogP) is 3.99. The molecule has 20 heavy (non-hydrogen) atoms. The van der Waals surface area contributed by atoms with Crippen LogP contribution in [0.5, 0.6) is 0 Å². The van der Waals surface area contributed by atoms with Gasteiger partial charge in [-0.25, -0.2) is 9.37 Å². The largest absolute Gasteiger partial charge is 0.591 e. The zero-order valence-electron chi connectivity index (χ0n) is 11.8. The number of hydrogen-bond donors (Lipinski definition) is 0. The summed E-state index contributed by atoms with van der Waals surface area (Å²) in [6.07, 6.45) is 1.66. The summed E-state index contributed by atoms with van der Waals surface area (Å²) >= 11 is 1.78. The van der Waals surface area contributed by atoms with Crippen LogP contribution in [-0.2, 0) is 11.4 Å². The average Bonchev–Trinajstić information content (AvgIpc) is 2.31. The van der Waals surface area contributed by atoms with Crippen molar-refractivity contribution in [2.45, 2.75) is 50.4 Å². The first-order valence-electron chi connectivity index (χ1n) is 6.55. The molecule has 2 rings (SSSR count). The fourth-order valence-electron chi connectivity index (χ4n) is 1.84. The van der Waals surface area contributed by atoms with Crippen molar-refractivity contribution >= 4 is 33.0 Å². The highest BCUT2D eigenvalue weighted by atomic mass is 79.9. The molecule has 0 aliphatic heterocycles. The second-order valence-corrected chi connectivity index (χ2v) is 8.68. The molecule has 0 amide bonds. The Bertz CT molecular complexity index is 526. The second-order valence-electron chi connectivity index (χ2n) is 5.97. The molecule has 0 N–H and O–H groups in total. The summed E-state index contributed by atoms with van der Waals surface area (Å²) in [6, 6.07) is 5.26. The van der Waals surface area contributed by atoms with Crippen molar-refractivity contribution < 1.29 is 8.94 Å². The molecule has 0 aromatic carbocycles. The minimum Gasteiger partial charge on any atom is -0.591 e. The van der Waals surface area contributed by atoms with E-state index in [1.807, 2.05) is 20.8 Å². The van der Waals surface area contributed by atoms with E-state index in [9.17, 15) is 8.94 Å². The lowest BCUT2D eigenvalue weighted by Crippen LogP contribution is -2.43. The summed E-state index contributed by atoms with van der Waals surface area (Å²) in [5.74, 6) is 0. The van der Waals surface area contributed by atoms with Gasteiger partial charge in [-0.2, -0.15) is 0 Å². The van der Waals surface area contributed by atoms with Crippen molar-refractivity contribution in [3.05, 3.63) is 28.5 Å². The van der Waals surface area contributed by atoms with Crippen LogP contribution in [0.3, 0.4) is 0 Å². The SMILES string of the molecule is CC(C)(C)[S@@+]([O-])/N=C(/c1cccc(Br)n1)C1(F)CCC1. The van der Waals surface area contributed by atoms with Gasteiger partial charge < -0.3 is 4.55 Å². The molecule has 0 radical (unpaired) electrons. The molecule has 1 aliphatic carbocycles. The van der Waals surface area contributed by atoms with Gasteiger partial charge >= 0.3 is 0 Å². The van der Waals surface area contributed by atoms with Gasteiger partial charge in [0.15, 0.2) is 11.4 Å². The molecular formula is C14H18BrFN2OS. The van der Waals surface area contributed by atoms with Crippen molar-refractivity contribution in [2.75, 3.05) is 0 Å². The Balaban J connectivity index is 2.43. The first kappa shape index (κ1) is 15.9. The molecule has 0 unspecified atom stereocenters. The monoisotopic (exact) mass is 360 g/mol. The van der Waals surface area contributed by atoms with Crippen LogP contribution in [0.2, 0.25) is 0 Å². The van der Waals surface area contributed by atoms with Gasteiger partial charge in [0.2, 0.25) is 0 Å². The lowest BCUT2D eigenvalue weighted by Gasteiger charge is -2.34. The molecule has 1 fully saturated rings. The maximum absolute atomic E-state index is 14.8. The molecule has 1 aromatic heterocycles. The van der Waals surface area contributed by atoms with Gasteiger partial charge in [-0.1, -0.05) is 10.5 Å². The topological polar surface area (TPSA) is 48.3 Å². The summed E-state index contributed by atoms with van der Waals surface area (Å²) in [7, 11) is 0. The number of alkyl halides is 1. The minimum atomic E-state index is -1.50. The zero-order valence-corrected chi connectivity index (χ0v) is 14.2. The molecule has 1 heterocycles. The van der Waals surface area contributed by atoms with Gasteiger partial charge in [-0.3, -0.25) is 0 Å². The number of aromatic nitrogens is 1. The van der Waals surface area contributed by atoms with Crippen molar-refractivity contribution in [1.82, 2.24) is 4.98 Å². The van der Waals surface area contributed by atoms with E-state index in [1.54, 1.807) is 18.2 Å². The molecule has 1 aromatic rings. The van der Waals surface area contributed by atoms with Gasteiger partial charge in [0.1, 0.15) is 20.7 Å². The highest BCUT2D eigenvalue weighted by Crippen LogP contribution is 2.39. The van der Waals surface area contributed by atoms with Crippen LogP contribution >= 0.6 is 15.9 Å². The summed E-state index contributed by atoms with van der Waals surface area (Å²) in [6.45, 7) is 5.47. The third-order valence-corrected chi connectivity index (χ3v) is 5.06. The van der Waals surface area contributed by atoms with Crippen molar-refractivity contribution in [3.8, 4) is 0 Å². The Labute approximate surface area is 130 Å². The van der Waals surface area contributed by atoms with Gasteiger partial charge in [0.25, 0.3) is 0 Å². The molecule has 0 bridgehead atoms. The van der Waals surface area contributed by atoms with Crippen molar-refractivity contribution in [1.29, 1.82) is 0 Å². The molecule has 1 aliphatic rings. The van der Waals surface area contributed by atoms with E-state index >= 15 is 0 Å². The number of pyridine rings is 1. The first-order valence-corrected chi connectivity index (χ1v) is 8.45. The predicted molar refractivity (Wildman–Crippen MR) is 84.1 cm³/mol. The summed E-state index contributed by atoms with van der Waals surface area (Å²) in [4.78, 5) is 4.27. The van der Waals surface area contributed by atoms with E-state index in [0.29, 0.717) is 23.1 Å². The van der Waals surface area contributed by atoms with E-state index in [-0.39, 0.29) is 5.71 Å². The van der Waals surface area contributed by atoms with Crippen LogP contribution in [0, 0.1) is 0 Å². The van der Waals surface area contributed by atoms with Crippen LogP contribution in [0.15, 0.2) is 27.2 Å². The summed E-state index contributed by atoms with van der Waals surface area (Å²) in [5.41, 5.74) is -0.813. The van der Waals surface area contributed by atoms with Crippen LogP contribution in [-0.4, -0.2) is 25.7 Å². The molecule has 1 saturated carbocycles. The highest BCUT2D eigenvalue weighted by molar-refractivity contribution is 9.10. The molecule has 110 valence electrons. The fraction of sp³-hybridized carbons (Fsp3) is 0.571. The van der Waals surface area contributed by atoms with Crippen LogP contribution in [0.25, 0.3) is 0 Å². The Morgan fingerprint density at radius 1 is 1.45 bits per heavy atom. The first-order chi connectivity index (χ1) is 9.22. The van der Waals surface area contributed by atoms with Crippen LogP contribution in [0.4, 0.5) is 4.39 Å². The maximum atomic E-state index is 14.8. The molecule has 0 spiro atoms. The van der Waals surface area contributed by atoms with E-state index in [1.165, 1.54) is 0 Å². The van der Waals surface area contributed by atoms with Crippen molar-refractivity contribution in [2.24, 2.45) is 4.40 Å². The quantitative estimate of drug-likeness (QED) is 0.464. The van der Waals surface area contributed by atoms with Gasteiger partial charge in [-0.05, 0) is 68.1 Å². The smallest absolute Gasteiger partial charge is 0.159 e. The lowest BCUT2D eigenvalue weighted by molar-refractivity contribution is 0.143. The number of rotatable bonds is 3. The zero-order chi connectivity index (χ0) is 15.0. The van der Waals surface area contributed by atoms with E-state index in [0.717, 1.165) is 6.42 Å². The minimum absolute atomic E-state index is 0.221. The standard InChI is InChI=1S/C14H18BrFN2OS/c1-13(2,3)20(19)18-12(14(16)8-5-9-14)10-6-4-7-11(15)17-10/h4,6-7H,5,8-9H2,1-3H3/b18-12-/t20-/m1/s1. The number of hydrogen-bond acceptors (Lipinski definition) is 3. The van der Waals surface area contributed by atoms with Gasteiger partial charge in [0, 0.05) is 0 Å². The van der Waals surface area contributed by atoms with Crippen LogP contribution in [0.1, 0.15) is 45.7 Å². The molecular weight excluding hydrogens is 343 g/mol. The van der Waals surface area contributed by atoms with E-state index < -0.39 is 21.8 Å². The molecule has 6 heteroatoms. The third kappa shape index (κ3) is 3.40. The fourth-order valence-corrected chi connectivity index (χ4v) is 2.88. The Kier molecular flexibility index (Phi) is 4.56.